The summed E-state index contributed by atoms with van der Waals surface area (Å²) < 4.78 is 11.2. The first-order chi connectivity index (χ1) is 14.8. The van der Waals surface area contributed by atoms with Crippen molar-refractivity contribution in [2.24, 2.45) is 0 Å². The highest BCUT2D eigenvalue weighted by Gasteiger charge is 2.24. The van der Waals surface area contributed by atoms with Crippen LogP contribution < -0.4 is 10.9 Å². The Kier molecular flexibility index (Phi) is 5.10. The number of rotatable bonds is 5. The number of furan rings is 1. The second kappa shape index (κ2) is 7.75. The number of fused-ring (bicyclic) bond motifs is 2. The lowest BCUT2D eigenvalue weighted by Gasteiger charge is -2.15. The Morgan fingerprint density at radius 3 is 2.29 bits per heavy atom. The van der Waals surface area contributed by atoms with Crippen molar-refractivity contribution in [3.63, 3.8) is 0 Å². The third kappa shape index (κ3) is 3.70. The Bertz CT molecular complexity index is 1380. The molecule has 2 aromatic heterocycles. The van der Waals surface area contributed by atoms with Crippen LogP contribution >= 0.6 is 0 Å². The molecule has 0 spiro atoms. The lowest BCUT2D eigenvalue weighted by molar-refractivity contribution is -0.142. The van der Waals surface area contributed by atoms with E-state index in [9.17, 15) is 19.5 Å². The average Bonchev–Trinajstić information content (AvgIpc) is 3.01. The van der Waals surface area contributed by atoms with Gasteiger partial charge in [-0.1, -0.05) is 30.3 Å². The predicted molar refractivity (Wildman–Crippen MR) is 115 cm³/mol. The Morgan fingerprint density at radius 2 is 1.61 bits per heavy atom. The average molecular weight is 419 g/mol. The second-order valence-electron chi connectivity index (χ2n) is 7.55. The van der Waals surface area contributed by atoms with E-state index in [1.165, 1.54) is 0 Å². The van der Waals surface area contributed by atoms with Crippen LogP contribution in [0.4, 0.5) is 0 Å². The minimum atomic E-state index is -1.21. The van der Waals surface area contributed by atoms with Crippen LogP contribution in [0.3, 0.4) is 0 Å². The van der Waals surface area contributed by atoms with Crippen LogP contribution in [0.2, 0.25) is 0 Å². The highest BCUT2D eigenvalue weighted by molar-refractivity contribution is 5.97. The van der Waals surface area contributed by atoms with Crippen LogP contribution in [0.5, 0.6) is 0 Å². The summed E-state index contributed by atoms with van der Waals surface area (Å²) in [5.41, 5.74) is 2.62. The molecule has 0 bridgehead atoms. The quantitative estimate of drug-likeness (QED) is 0.474. The molecule has 2 N–H and O–H groups in total. The van der Waals surface area contributed by atoms with Crippen molar-refractivity contribution in [2.45, 2.75) is 33.2 Å². The molecule has 0 saturated carbocycles. The van der Waals surface area contributed by atoms with E-state index in [4.69, 9.17) is 8.83 Å². The van der Waals surface area contributed by atoms with Gasteiger partial charge in [-0.15, -0.1) is 0 Å². The first kappa shape index (κ1) is 20.4. The van der Waals surface area contributed by atoms with E-state index in [2.05, 4.69) is 5.32 Å². The fourth-order valence-electron chi connectivity index (χ4n) is 3.73. The summed E-state index contributed by atoms with van der Waals surface area (Å²) in [5, 5.41) is 13.6. The van der Waals surface area contributed by atoms with Gasteiger partial charge in [0, 0.05) is 16.8 Å². The number of carboxylic acid groups (broad SMARTS) is 1. The molecule has 0 unspecified atom stereocenters. The molecule has 158 valence electrons. The largest absolute Gasteiger partial charge is 0.479 e. The summed E-state index contributed by atoms with van der Waals surface area (Å²) in [4.78, 5) is 36.9. The molecule has 7 heteroatoms. The van der Waals surface area contributed by atoms with E-state index in [-0.39, 0.29) is 12.0 Å². The van der Waals surface area contributed by atoms with Crippen LogP contribution in [0.1, 0.15) is 34.1 Å². The van der Waals surface area contributed by atoms with E-state index in [1.54, 1.807) is 43.3 Å². The number of hydrogen-bond donors (Lipinski definition) is 2. The number of aliphatic carboxylic acids is 1. The topological polar surface area (TPSA) is 110 Å². The Hall–Kier alpha value is -3.87. The van der Waals surface area contributed by atoms with Gasteiger partial charge in [0.2, 0.25) is 5.91 Å². The predicted octanol–water partition coefficient (Wildman–Crippen LogP) is 3.95. The number of benzene rings is 2. The highest BCUT2D eigenvalue weighted by atomic mass is 16.4. The van der Waals surface area contributed by atoms with Crippen molar-refractivity contribution < 1.29 is 23.5 Å². The first-order valence-electron chi connectivity index (χ1n) is 9.79. The van der Waals surface area contributed by atoms with Gasteiger partial charge >= 0.3 is 11.6 Å². The molecule has 0 aliphatic heterocycles. The number of nitrogens with one attached hydrogen (secondary N) is 1. The second-order valence-corrected chi connectivity index (χ2v) is 7.55. The van der Waals surface area contributed by atoms with Crippen molar-refractivity contribution in [2.75, 3.05) is 0 Å². The summed E-state index contributed by atoms with van der Waals surface area (Å²) in [6.45, 7) is 5.57. The van der Waals surface area contributed by atoms with Crippen molar-refractivity contribution in [3.05, 3.63) is 80.9 Å². The molecule has 4 rings (SSSR count). The summed E-state index contributed by atoms with van der Waals surface area (Å²) in [7, 11) is 0. The van der Waals surface area contributed by atoms with Crippen molar-refractivity contribution in [1.82, 2.24) is 5.32 Å². The smallest absolute Gasteiger partial charge is 0.340 e. The molecular formula is C24H21NO6. The van der Waals surface area contributed by atoms with Crippen LogP contribution in [-0.2, 0) is 16.0 Å². The minimum Gasteiger partial charge on any atom is -0.479 e. The Balaban J connectivity index is 1.69. The monoisotopic (exact) mass is 419 g/mol. The van der Waals surface area contributed by atoms with Crippen molar-refractivity contribution >= 4 is 33.8 Å². The molecule has 0 radical (unpaired) electrons. The summed E-state index contributed by atoms with van der Waals surface area (Å²) in [6.07, 6.45) is -0.290. The first-order valence-corrected chi connectivity index (χ1v) is 9.79. The standard InChI is InChI=1S/C24H21NO6/c1-12-14(3)30-19-11-20-17(9-16(12)19)13(2)18(24(29)31-20)10-21(26)25-22(23(27)28)15-7-5-4-6-8-15/h4-9,11,22H,10H2,1-3H3,(H,25,26)(H,27,28)/t22-/m1/s1. The third-order valence-electron chi connectivity index (χ3n) is 5.61. The van der Waals surface area contributed by atoms with Crippen LogP contribution in [0.25, 0.3) is 21.9 Å². The van der Waals surface area contributed by atoms with E-state index in [0.29, 0.717) is 27.7 Å². The maximum absolute atomic E-state index is 12.6. The summed E-state index contributed by atoms with van der Waals surface area (Å²) >= 11 is 0. The van der Waals surface area contributed by atoms with Gasteiger partial charge in [-0.25, -0.2) is 9.59 Å². The number of carbonyl (C=O) groups is 2. The van der Waals surface area contributed by atoms with E-state index in [0.717, 1.165) is 16.7 Å². The molecule has 0 saturated heterocycles. The van der Waals surface area contributed by atoms with E-state index in [1.807, 2.05) is 19.9 Å². The van der Waals surface area contributed by atoms with Gasteiger partial charge in [0.15, 0.2) is 6.04 Å². The van der Waals surface area contributed by atoms with E-state index < -0.39 is 23.5 Å². The number of carbonyl (C=O) groups excluding carboxylic acids is 1. The van der Waals surface area contributed by atoms with Crippen LogP contribution in [-0.4, -0.2) is 17.0 Å². The zero-order valence-electron chi connectivity index (χ0n) is 17.3. The maximum Gasteiger partial charge on any atom is 0.340 e. The molecule has 0 aliphatic rings. The van der Waals surface area contributed by atoms with Gasteiger partial charge in [0.05, 0.1) is 12.0 Å². The van der Waals surface area contributed by atoms with Gasteiger partial charge in [0.25, 0.3) is 0 Å². The molecule has 2 aromatic carbocycles. The Morgan fingerprint density at radius 1 is 0.968 bits per heavy atom. The number of amides is 1. The number of aryl methyl sites for hydroxylation is 3. The minimum absolute atomic E-state index is 0.194. The number of hydrogen-bond acceptors (Lipinski definition) is 5. The van der Waals surface area contributed by atoms with Gasteiger partial charge in [0.1, 0.15) is 16.9 Å². The molecular weight excluding hydrogens is 398 g/mol. The molecule has 1 atom stereocenters. The van der Waals surface area contributed by atoms with E-state index >= 15 is 0 Å². The highest BCUT2D eigenvalue weighted by Crippen LogP contribution is 2.31. The molecule has 0 aliphatic carbocycles. The third-order valence-corrected chi connectivity index (χ3v) is 5.61. The molecule has 2 heterocycles. The van der Waals surface area contributed by atoms with Crippen molar-refractivity contribution in [1.29, 1.82) is 0 Å². The molecule has 7 nitrogen and oxygen atoms in total. The van der Waals surface area contributed by atoms with Crippen LogP contribution in [0.15, 0.2) is 56.1 Å². The zero-order chi connectivity index (χ0) is 22.3. The Labute approximate surface area is 177 Å². The SMILES string of the molecule is Cc1oc2cc3oc(=O)c(CC(=O)N[C@@H](C(=O)O)c4ccccc4)c(C)c3cc2c1C. The van der Waals surface area contributed by atoms with Gasteiger partial charge in [-0.2, -0.15) is 0 Å². The molecule has 1 amide bonds. The molecule has 4 aromatic rings. The van der Waals surface area contributed by atoms with Crippen LogP contribution in [0, 0.1) is 20.8 Å². The van der Waals surface area contributed by atoms with Gasteiger partial charge in [-0.3, -0.25) is 4.79 Å². The van der Waals surface area contributed by atoms with Gasteiger partial charge in [-0.05, 0) is 43.5 Å². The normalized spacial score (nSPS) is 12.2. The van der Waals surface area contributed by atoms with Crippen molar-refractivity contribution in [3.8, 4) is 0 Å². The van der Waals surface area contributed by atoms with Gasteiger partial charge < -0.3 is 19.3 Å². The fraction of sp³-hybridized carbons (Fsp3) is 0.208. The molecule has 31 heavy (non-hydrogen) atoms. The lowest BCUT2D eigenvalue weighted by atomic mass is 10.0. The fourth-order valence-corrected chi connectivity index (χ4v) is 3.73. The molecule has 0 fully saturated rings. The summed E-state index contributed by atoms with van der Waals surface area (Å²) in [5.74, 6) is -0.983. The maximum atomic E-state index is 12.6. The number of carboxylic acids is 1. The zero-order valence-corrected chi connectivity index (χ0v) is 17.3. The lowest BCUT2D eigenvalue weighted by Crippen LogP contribution is -2.35. The summed E-state index contributed by atoms with van der Waals surface area (Å²) in [6, 6.07) is 10.7.